The molecular formula is C16H16ClFN4O5. The molecule has 0 spiro atoms. The largest absolute Gasteiger partial charge is 0.424 e. The number of nitrogens with one attached hydrogen (secondary N) is 1. The van der Waals surface area contributed by atoms with E-state index in [1.807, 2.05) is 0 Å². The maximum absolute atomic E-state index is 13.3. The fourth-order valence-corrected chi connectivity index (χ4v) is 2.87. The van der Waals surface area contributed by atoms with Crippen LogP contribution in [0.4, 0.5) is 9.18 Å². The van der Waals surface area contributed by atoms with Crippen molar-refractivity contribution in [3.8, 4) is 0 Å². The van der Waals surface area contributed by atoms with Crippen molar-refractivity contribution in [3.63, 3.8) is 0 Å². The molecule has 1 fully saturated rings. The van der Waals surface area contributed by atoms with Gasteiger partial charge in [-0.05, 0) is 23.8 Å². The molecule has 3 rings (SSSR count). The van der Waals surface area contributed by atoms with Crippen molar-refractivity contribution >= 4 is 23.6 Å². The Bertz CT molecular complexity index is 856. The van der Waals surface area contributed by atoms with Crippen LogP contribution in [0.2, 0.25) is 5.02 Å². The van der Waals surface area contributed by atoms with E-state index >= 15 is 0 Å². The number of benzene rings is 1. The Labute approximate surface area is 158 Å². The van der Waals surface area contributed by atoms with Crippen molar-refractivity contribution in [1.29, 1.82) is 0 Å². The van der Waals surface area contributed by atoms with E-state index in [2.05, 4.69) is 15.5 Å². The topological polar surface area (TPSA) is 118 Å². The van der Waals surface area contributed by atoms with Crippen molar-refractivity contribution in [2.24, 2.45) is 0 Å². The van der Waals surface area contributed by atoms with E-state index in [4.69, 9.17) is 20.8 Å². The highest BCUT2D eigenvalue weighted by molar-refractivity contribution is 6.30. The number of amides is 2. The predicted octanol–water partition coefficient (Wildman–Crippen LogP) is 1.52. The molecule has 0 bridgehead atoms. The molecule has 1 aliphatic rings. The quantitative estimate of drug-likeness (QED) is 0.733. The average Bonchev–Trinajstić information content (AvgIpc) is 3.11. The zero-order valence-electron chi connectivity index (χ0n) is 14.2. The van der Waals surface area contributed by atoms with Crippen LogP contribution in [0.15, 0.2) is 22.6 Å². The third-order valence-corrected chi connectivity index (χ3v) is 4.07. The first-order valence-electron chi connectivity index (χ1n) is 7.98. The Balaban J connectivity index is 1.56. The number of alkyl carbamates (subject to hydrolysis) is 1. The predicted molar refractivity (Wildman–Crippen MR) is 88.7 cm³/mol. The van der Waals surface area contributed by atoms with Crippen molar-refractivity contribution in [3.05, 3.63) is 46.4 Å². The van der Waals surface area contributed by atoms with Crippen LogP contribution in [0.3, 0.4) is 0 Å². The molecule has 1 unspecified atom stereocenters. The maximum atomic E-state index is 13.3. The van der Waals surface area contributed by atoms with Crippen molar-refractivity contribution < 1.29 is 28.2 Å². The van der Waals surface area contributed by atoms with Gasteiger partial charge in [-0.1, -0.05) is 11.6 Å². The summed E-state index contributed by atoms with van der Waals surface area (Å²) in [6, 6.07) is 3.78. The number of aryl methyl sites for hydroxylation is 1. The minimum atomic E-state index is -2.29. The normalized spacial score (nSPS) is 19.4. The van der Waals surface area contributed by atoms with Gasteiger partial charge in [0.25, 0.3) is 11.7 Å². The van der Waals surface area contributed by atoms with Gasteiger partial charge in [-0.25, -0.2) is 9.18 Å². The number of hydrogen-bond donors (Lipinski definition) is 2. The van der Waals surface area contributed by atoms with Gasteiger partial charge < -0.3 is 24.5 Å². The van der Waals surface area contributed by atoms with Gasteiger partial charge in [0.05, 0.1) is 6.54 Å². The van der Waals surface area contributed by atoms with Gasteiger partial charge in [0.15, 0.2) is 0 Å². The number of aliphatic hydroxyl groups is 1. The van der Waals surface area contributed by atoms with Gasteiger partial charge in [0.2, 0.25) is 11.8 Å². The molecule has 1 aromatic carbocycles. The van der Waals surface area contributed by atoms with E-state index in [1.165, 1.54) is 17.0 Å². The van der Waals surface area contributed by atoms with Gasteiger partial charge in [0.1, 0.15) is 5.82 Å². The second-order valence-electron chi connectivity index (χ2n) is 6.00. The lowest BCUT2D eigenvalue weighted by Gasteiger charge is -2.21. The second kappa shape index (κ2) is 7.49. The molecule has 1 aromatic heterocycles. The highest BCUT2D eigenvalue weighted by atomic mass is 35.5. The minimum absolute atomic E-state index is 0.00520. The molecule has 11 heteroatoms. The number of likely N-dealkylation sites (tertiary alicyclic amines) is 1. The summed E-state index contributed by atoms with van der Waals surface area (Å²) in [7, 11) is 0. The van der Waals surface area contributed by atoms with E-state index in [0.717, 1.165) is 6.07 Å². The molecule has 0 radical (unpaired) electrons. The molecule has 2 amide bonds. The summed E-state index contributed by atoms with van der Waals surface area (Å²) >= 11 is 5.74. The Kier molecular flexibility index (Phi) is 5.29. The van der Waals surface area contributed by atoms with Crippen LogP contribution in [-0.2, 0) is 22.6 Å². The van der Waals surface area contributed by atoms with E-state index in [0.29, 0.717) is 11.5 Å². The second-order valence-corrected chi connectivity index (χ2v) is 6.43. The first-order valence-corrected chi connectivity index (χ1v) is 8.35. The fraction of sp³-hybridized carbons (Fsp3) is 0.375. The summed E-state index contributed by atoms with van der Waals surface area (Å²) < 4.78 is 23.4. The molecule has 1 saturated heterocycles. The summed E-state index contributed by atoms with van der Waals surface area (Å²) in [5.74, 6) is -3.08. The molecule has 9 nitrogen and oxygen atoms in total. The summed E-state index contributed by atoms with van der Waals surface area (Å²) in [6.07, 6.45) is -1.14. The Morgan fingerprint density at radius 2 is 2.26 bits per heavy atom. The van der Waals surface area contributed by atoms with Crippen LogP contribution < -0.4 is 5.32 Å². The standard InChI is InChI=1S/C16H16ClFN4O5/c1-9-20-21-13(26-9)8-22-3-2-16(25,14(22)23)27-15(24)19-7-10-4-11(17)6-12(18)5-10/h4-6,25H,2-3,7-8H2,1H3,(H,19,24). The van der Waals surface area contributed by atoms with Crippen LogP contribution >= 0.6 is 11.6 Å². The highest BCUT2D eigenvalue weighted by Gasteiger charge is 2.49. The van der Waals surface area contributed by atoms with Crippen molar-refractivity contribution in [2.45, 2.75) is 32.2 Å². The Hall–Kier alpha value is -2.72. The molecule has 27 heavy (non-hydrogen) atoms. The van der Waals surface area contributed by atoms with Crippen LogP contribution in [0.1, 0.15) is 23.8 Å². The van der Waals surface area contributed by atoms with E-state index in [-0.39, 0.29) is 37.0 Å². The highest BCUT2D eigenvalue weighted by Crippen LogP contribution is 2.26. The van der Waals surface area contributed by atoms with Gasteiger partial charge >= 0.3 is 6.09 Å². The SMILES string of the molecule is Cc1nnc(CN2CCC(O)(OC(=O)NCc3cc(F)cc(Cl)c3)C2=O)o1. The van der Waals surface area contributed by atoms with E-state index < -0.39 is 23.6 Å². The zero-order valence-corrected chi connectivity index (χ0v) is 15.0. The van der Waals surface area contributed by atoms with Crippen LogP contribution in [0.5, 0.6) is 0 Å². The number of ether oxygens (including phenoxy) is 1. The molecule has 0 saturated carbocycles. The summed E-state index contributed by atoms with van der Waals surface area (Å²) in [4.78, 5) is 25.5. The Morgan fingerprint density at radius 1 is 1.48 bits per heavy atom. The maximum Gasteiger partial charge on any atom is 0.410 e. The summed E-state index contributed by atoms with van der Waals surface area (Å²) in [5, 5.41) is 20.3. The summed E-state index contributed by atoms with van der Waals surface area (Å²) in [5.41, 5.74) is 0.398. The third-order valence-electron chi connectivity index (χ3n) is 3.86. The number of carbonyl (C=O) groups excluding carboxylic acids is 2. The minimum Gasteiger partial charge on any atom is -0.424 e. The molecule has 1 atom stereocenters. The molecule has 2 heterocycles. The lowest BCUT2D eigenvalue weighted by Crippen LogP contribution is -2.45. The van der Waals surface area contributed by atoms with Crippen LogP contribution in [0, 0.1) is 12.7 Å². The summed E-state index contributed by atoms with van der Waals surface area (Å²) in [6.45, 7) is 1.65. The number of carbonyl (C=O) groups is 2. The van der Waals surface area contributed by atoms with Gasteiger partial charge in [-0.2, -0.15) is 0 Å². The number of halogens is 2. The van der Waals surface area contributed by atoms with E-state index in [9.17, 15) is 19.1 Å². The first kappa shape index (κ1) is 19.1. The number of aromatic nitrogens is 2. The van der Waals surface area contributed by atoms with Gasteiger partial charge in [-0.15, -0.1) is 10.2 Å². The van der Waals surface area contributed by atoms with E-state index in [1.54, 1.807) is 6.92 Å². The molecule has 1 aliphatic heterocycles. The van der Waals surface area contributed by atoms with Crippen molar-refractivity contribution in [2.75, 3.05) is 6.54 Å². The average molecular weight is 399 g/mol. The monoisotopic (exact) mass is 398 g/mol. The molecular weight excluding hydrogens is 383 g/mol. The number of rotatable bonds is 5. The smallest absolute Gasteiger partial charge is 0.410 e. The number of nitrogens with zero attached hydrogens (tertiary/aromatic N) is 3. The molecule has 2 N–H and O–H groups in total. The van der Waals surface area contributed by atoms with Crippen LogP contribution in [-0.4, -0.2) is 44.5 Å². The lowest BCUT2D eigenvalue weighted by molar-refractivity contribution is -0.182. The third kappa shape index (κ3) is 4.52. The fourth-order valence-electron chi connectivity index (χ4n) is 2.63. The lowest BCUT2D eigenvalue weighted by atomic mass is 10.2. The molecule has 144 valence electrons. The molecule has 0 aliphatic carbocycles. The zero-order chi connectivity index (χ0) is 19.6. The van der Waals surface area contributed by atoms with Crippen LogP contribution in [0.25, 0.3) is 0 Å². The first-order chi connectivity index (χ1) is 12.7. The molecule has 2 aromatic rings. The Morgan fingerprint density at radius 3 is 2.93 bits per heavy atom. The number of hydrogen-bond acceptors (Lipinski definition) is 7. The van der Waals surface area contributed by atoms with Gasteiger partial charge in [0, 0.05) is 31.5 Å². The van der Waals surface area contributed by atoms with Gasteiger partial charge in [-0.3, -0.25) is 4.79 Å². The van der Waals surface area contributed by atoms with Crippen molar-refractivity contribution in [1.82, 2.24) is 20.4 Å².